The molecule has 0 radical (unpaired) electrons. The average molecular weight is 355 g/mol. The number of aromatic nitrogens is 3. The normalized spacial score (nSPS) is 13.8. The topological polar surface area (TPSA) is 57.0 Å². The third kappa shape index (κ3) is 3.31. The SMILES string of the molecule is Cc1ccc(OCCCn2nnc3sc4c(c3c2=O)CCCC4)cc1. The van der Waals surface area contributed by atoms with Crippen LogP contribution in [0.2, 0.25) is 0 Å². The van der Waals surface area contributed by atoms with Crippen molar-refractivity contribution in [2.45, 2.75) is 45.6 Å². The van der Waals surface area contributed by atoms with Gasteiger partial charge in [-0.2, -0.15) is 0 Å². The fraction of sp³-hybridized carbons (Fsp3) is 0.421. The molecular formula is C19H21N3O2S. The van der Waals surface area contributed by atoms with Gasteiger partial charge in [0.15, 0.2) is 4.83 Å². The first-order valence-electron chi connectivity index (χ1n) is 8.80. The molecule has 1 aromatic carbocycles. The van der Waals surface area contributed by atoms with Gasteiger partial charge in [-0.15, -0.1) is 16.4 Å². The summed E-state index contributed by atoms with van der Waals surface area (Å²) in [6.07, 6.45) is 5.15. The minimum absolute atomic E-state index is 0.000245. The number of aryl methyl sites for hydroxylation is 4. The number of hydrogen-bond donors (Lipinski definition) is 0. The maximum Gasteiger partial charge on any atom is 0.278 e. The minimum Gasteiger partial charge on any atom is -0.494 e. The Kier molecular flexibility index (Phi) is 4.53. The molecule has 0 N–H and O–H groups in total. The number of benzene rings is 1. The van der Waals surface area contributed by atoms with Gasteiger partial charge in [-0.1, -0.05) is 22.9 Å². The first-order valence-corrected chi connectivity index (χ1v) is 9.61. The first-order chi connectivity index (χ1) is 12.2. The van der Waals surface area contributed by atoms with Crippen LogP contribution in [-0.2, 0) is 19.4 Å². The lowest BCUT2D eigenvalue weighted by atomic mass is 9.97. The second-order valence-electron chi connectivity index (χ2n) is 6.52. The molecule has 0 amide bonds. The highest BCUT2D eigenvalue weighted by atomic mass is 32.1. The molecule has 1 aliphatic carbocycles. The van der Waals surface area contributed by atoms with Crippen LogP contribution in [0.5, 0.6) is 5.75 Å². The summed E-state index contributed by atoms with van der Waals surface area (Å²) >= 11 is 1.64. The van der Waals surface area contributed by atoms with Gasteiger partial charge < -0.3 is 4.74 Å². The maximum absolute atomic E-state index is 12.8. The summed E-state index contributed by atoms with van der Waals surface area (Å²) in [7, 11) is 0. The molecule has 1 aliphatic rings. The van der Waals surface area contributed by atoms with Crippen molar-refractivity contribution in [2.24, 2.45) is 0 Å². The van der Waals surface area contributed by atoms with Gasteiger partial charge >= 0.3 is 0 Å². The molecule has 25 heavy (non-hydrogen) atoms. The van der Waals surface area contributed by atoms with E-state index in [0.717, 1.165) is 41.6 Å². The summed E-state index contributed by atoms with van der Waals surface area (Å²) in [5, 5.41) is 9.20. The van der Waals surface area contributed by atoms with Crippen molar-refractivity contribution in [3.8, 4) is 5.75 Å². The molecule has 2 heterocycles. The summed E-state index contributed by atoms with van der Waals surface area (Å²) in [5.41, 5.74) is 2.43. The third-order valence-electron chi connectivity index (χ3n) is 4.65. The molecule has 0 fully saturated rings. The summed E-state index contributed by atoms with van der Waals surface area (Å²) < 4.78 is 7.21. The Morgan fingerprint density at radius 2 is 2.00 bits per heavy atom. The Labute approximate surface area is 150 Å². The van der Waals surface area contributed by atoms with Crippen LogP contribution in [0.1, 0.15) is 35.3 Å². The van der Waals surface area contributed by atoms with Gasteiger partial charge in [0.1, 0.15) is 5.75 Å². The second-order valence-corrected chi connectivity index (χ2v) is 7.61. The molecule has 130 valence electrons. The van der Waals surface area contributed by atoms with Crippen LogP contribution in [-0.4, -0.2) is 21.6 Å². The molecule has 4 rings (SSSR count). The molecule has 0 saturated carbocycles. The van der Waals surface area contributed by atoms with Crippen molar-refractivity contribution in [1.29, 1.82) is 0 Å². The van der Waals surface area contributed by atoms with Gasteiger partial charge in [0.25, 0.3) is 5.56 Å². The predicted octanol–water partition coefficient (Wildman–Crippen LogP) is 3.51. The fourth-order valence-electron chi connectivity index (χ4n) is 3.29. The highest BCUT2D eigenvalue weighted by Gasteiger charge is 2.20. The Morgan fingerprint density at radius 1 is 1.20 bits per heavy atom. The first kappa shape index (κ1) is 16.3. The molecular weight excluding hydrogens is 334 g/mol. The Hall–Kier alpha value is -2.21. The molecule has 0 aliphatic heterocycles. The number of rotatable bonds is 5. The van der Waals surface area contributed by atoms with Gasteiger partial charge in [-0.25, -0.2) is 4.68 Å². The molecule has 0 saturated heterocycles. The monoisotopic (exact) mass is 355 g/mol. The summed E-state index contributed by atoms with van der Waals surface area (Å²) in [6, 6.07) is 7.98. The van der Waals surface area contributed by atoms with E-state index in [9.17, 15) is 4.79 Å². The largest absolute Gasteiger partial charge is 0.494 e. The standard InChI is InChI=1S/C19H21N3O2S/c1-13-7-9-14(10-8-13)24-12-4-11-22-19(23)17-15-5-2-3-6-16(15)25-18(17)20-21-22/h7-10H,2-6,11-12H2,1H3. The van der Waals surface area contributed by atoms with Crippen LogP contribution in [0.15, 0.2) is 29.1 Å². The Balaban J connectivity index is 1.45. The van der Waals surface area contributed by atoms with E-state index in [2.05, 4.69) is 10.3 Å². The van der Waals surface area contributed by atoms with E-state index < -0.39 is 0 Å². The zero-order chi connectivity index (χ0) is 17.2. The van der Waals surface area contributed by atoms with Crippen LogP contribution < -0.4 is 10.3 Å². The zero-order valence-electron chi connectivity index (χ0n) is 14.3. The average Bonchev–Trinajstić information content (AvgIpc) is 3.01. The second kappa shape index (κ2) is 6.96. The lowest BCUT2D eigenvalue weighted by Gasteiger charge is -2.10. The molecule has 2 aromatic heterocycles. The molecule has 5 nitrogen and oxygen atoms in total. The Morgan fingerprint density at radius 3 is 2.84 bits per heavy atom. The lowest BCUT2D eigenvalue weighted by Crippen LogP contribution is -2.25. The number of ether oxygens (including phenoxy) is 1. The minimum atomic E-state index is -0.000245. The summed E-state index contributed by atoms with van der Waals surface area (Å²) in [5.74, 6) is 0.853. The van der Waals surface area contributed by atoms with E-state index in [1.165, 1.54) is 27.1 Å². The van der Waals surface area contributed by atoms with Crippen LogP contribution in [0, 0.1) is 6.92 Å². The smallest absolute Gasteiger partial charge is 0.278 e. The molecule has 0 spiro atoms. The molecule has 0 unspecified atom stereocenters. The zero-order valence-corrected chi connectivity index (χ0v) is 15.1. The van der Waals surface area contributed by atoms with Crippen molar-refractivity contribution in [3.63, 3.8) is 0 Å². The number of fused-ring (bicyclic) bond motifs is 3. The third-order valence-corrected chi connectivity index (χ3v) is 5.82. The van der Waals surface area contributed by atoms with Crippen molar-refractivity contribution in [3.05, 3.63) is 50.6 Å². The Bertz CT molecular complexity index is 944. The van der Waals surface area contributed by atoms with Crippen molar-refractivity contribution >= 4 is 21.6 Å². The predicted molar refractivity (Wildman–Crippen MR) is 99.6 cm³/mol. The van der Waals surface area contributed by atoms with Gasteiger partial charge in [0, 0.05) is 17.8 Å². The van der Waals surface area contributed by atoms with Gasteiger partial charge in [-0.05, 0) is 50.3 Å². The van der Waals surface area contributed by atoms with Crippen LogP contribution in [0.25, 0.3) is 10.2 Å². The lowest BCUT2D eigenvalue weighted by molar-refractivity contribution is 0.296. The van der Waals surface area contributed by atoms with Gasteiger partial charge in [0.2, 0.25) is 0 Å². The van der Waals surface area contributed by atoms with Crippen LogP contribution >= 0.6 is 11.3 Å². The molecule has 6 heteroatoms. The van der Waals surface area contributed by atoms with E-state index in [1.54, 1.807) is 11.3 Å². The molecule has 0 atom stereocenters. The van der Waals surface area contributed by atoms with E-state index in [0.29, 0.717) is 13.2 Å². The van der Waals surface area contributed by atoms with Gasteiger partial charge in [0.05, 0.1) is 12.0 Å². The molecule has 3 aromatic rings. The highest BCUT2D eigenvalue weighted by molar-refractivity contribution is 7.18. The quantitative estimate of drug-likeness (QED) is 0.657. The number of nitrogens with zero attached hydrogens (tertiary/aromatic N) is 3. The van der Waals surface area contributed by atoms with E-state index in [-0.39, 0.29) is 5.56 Å². The molecule has 0 bridgehead atoms. The fourth-order valence-corrected chi connectivity index (χ4v) is 4.49. The van der Waals surface area contributed by atoms with E-state index in [1.807, 2.05) is 31.2 Å². The van der Waals surface area contributed by atoms with Crippen LogP contribution in [0.4, 0.5) is 0 Å². The highest BCUT2D eigenvalue weighted by Crippen LogP contribution is 2.33. The summed E-state index contributed by atoms with van der Waals surface area (Å²) in [4.78, 5) is 14.9. The number of hydrogen-bond acceptors (Lipinski definition) is 5. The van der Waals surface area contributed by atoms with E-state index >= 15 is 0 Å². The maximum atomic E-state index is 12.8. The van der Waals surface area contributed by atoms with Crippen LogP contribution in [0.3, 0.4) is 0 Å². The van der Waals surface area contributed by atoms with Crippen molar-refractivity contribution < 1.29 is 4.74 Å². The van der Waals surface area contributed by atoms with Crippen molar-refractivity contribution in [1.82, 2.24) is 15.0 Å². The number of thiophene rings is 1. The van der Waals surface area contributed by atoms with Gasteiger partial charge in [-0.3, -0.25) is 4.79 Å². The van der Waals surface area contributed by atoms with Crippen molar-refractivity contribution in [2.75, 3.05) is 6.61 Å². The summed E-state index contributed by atoms with van der Waals surface area (Å²) in [6.45, 7) is 3.13. The van der Waals surface area contributed by atoms with E-state index in [4.69, 9.17) is 4.74 Å².